The number of nitrogens with zero attached hydrogens (tertiary/aromatic N) is 2. The van der Waals surface area contributed by atoms with Crippen LogP contribution in [0, 0.1) is 0 Å². The van der Waals surface area contributed by atoms with E-state index in [1.807, 2.05) is 24.3 Å². The Kier molecular flexibility index (Phi) is 3.20. The monoisotopic (exact) mass is 230 g/mol. The summed E-state index contributed by atoms with van der Waals surface area (Å²) in [5, 5.41) is 0. The summed E-state index contributed by atoms with van der Waals surface area (Å²) in [6, 6.07) is 7.82. The van der Waals surface area contributed by atoms with Crippen LogP contribution < -0.4 is 11.5 Å². The number of rotatable bonds is 3. The van der Waals surface area contributed by atoms with Crippen LogP contribution in [0.2, 0.25) is 0 Å². The molecule has 0 aliphatic rings. The number of hydrogen-bond donors (Lipinski definition) is 2. The summed E-state index contributed by atoms with van der Waals surface area (Å²) in [6.07, 6.45) is 1.63. The Labute approximate surface area is 99.5 Å². The van der Waals surface area contributed by atoms with E-state index >= 15 is 0 Å². The van der Waals surface area contributed by atoms with Crippen molar-refractivity contribution in [1.82, 2.24) is 9.97 Å². The highest BCUT2D eigenvalue weighted by molar-refractivity contribution is 5.76. The summed E-state index contributed by atoms with van der Waals surface area (Å²) in [5.74, 6) is 0.552. The maximum absolute atomic E-state index is 5.85. The molecule has 0 bridgehead atoms. The van der Waals surface area contributed by atoms with Crippen molar-refractivity contribution in [3.63, 3.8) is 0 Å². The standard InChI is InChI=1S/C12H14N4O/c1-17-7-8-4-2-3-5-9(8)10-6-15-12(14)16-11(10)13/h2-6H,7H2,1H3,(H4,13,14,15,16). The van der Waals surface area contributed by atoms with E-state index in [0.717, 1.165) is 16.7 Å². The molecule has 0 aliphatic carbocycles. The summed E-state index contributed by atoms with van der Waals surface area (Å²) in [4.78, 5) is 7.92. The van der Waals surface area contributed by atoms with Gasteiger partial charge >= 0.3 is 0 Å². The Bertz CT molecular complexity index is 528. The van der Waals surface area contributed by atoms with Crippen LogP contribution in [0.1, 0.15) is 5.56 Å². The molecule has 1 aromatic heterocycles. The van der Waals surface area contributed by atoms with Crippen LogP contribution in [0.25, 0.3) is 11.1 Å². The Morgan fingerprint density at radius 2 is 1.94 bits per heavy atom. The second kappa shape index (κ2) is 4.80. The molecule has 0 aliphatic heterocycles. The minimum atomic E-state index is 0.176. The number of ether oxygens (including phenoxy) is 1. The topological polar surface area (TPSA) is 87.0 Å². The highest BCUT2D eigenvalue weighted by atomic mass is 16.5. The molecule has 2 aromatic rings. The van der Waals surface area contributed by atoms with Gasteiger partial charge in [0.15, 0.2) is 0 Å². The first-order valence-corrected chi connectivity index (χ1v) is 5.17. The fourth-order valence-electron chi connectivity index (χ4n) is 1.68. The summed E-state index contributed by atoms with van der Waals surface area (Å²) >= 11 is 0. The first-order valence-electron chi connectivity index (χ1n) is 5.17. The number of nitrogen functional groups attached to an aromatic ring is 2. The summed E-state index contributed by atoms with van der Waals surface area (Å²) < 4.78 is 5.15. The van der Waals surface area contributed by atoms with Crippen LogP contribution in [0.5, 0.6) is 0 Å². The molecule has 88 valence electrons. The average Bonchev–Trinajstić information content (AvgIpc) is 2.31. The number of methoxy groups -OCH3 is 1. The Morgan fingerprint density at radius 3 is 2.65 bits per heavy atom. The zero-order chi connectivity index (χ0) is 12.3. The Balaban J connectivity index is 2.52. The summed E-state index contributed by atoms with van der Waals surface area (Å²) in [6.45, 7) is 0.514. The zero-order valence-electron chi connectivity index (χ0n) is 9.55. The van der Waals surface area contributed by atoms with E-state index in [9.17, 15) is 0 Å². The SMILES string of the molecule is COCc1ccccc1-c1cnc(N)nc1N. The number of aromatic nitrogens is 2. The van der Waals surface area contributed by atoms with Gasteiger partial charge in [-0.1, -0.05) is 24.3 Å². The van der Waals surface area contributed by atoms with E-state index in [4.69, 9.17) is 16.2 Å². The van der Waals surface area contributed by atoms with E-state index in [-0.39, 0.29) is 5.95 Å². The Hall–Kier alpha value is -2.14. The van der Waals surface area contributed by atoms with E-state index < -0.39 is 0 Å². The highest BCUT2D eigenvalue weighted by Gasteiger charge is 2.09. The lowest BCUT2D eigenvalue weighted by molar-refractivity contribution is 0.185. The quantitative estimate of drug-likeness (QED) is 0.833. The lowest BCUT2D eigenvalue weighted by Crippen LogP contribution is -2.02. The molecule has 2 rings (SSSR count). The van der Waals surface area contributed by atoms with Crippen molar-refractivity contribution in [2.45, 2.75) is 6.61 Å². The van der Waals surface area contributed by atoms with E-state index in [0.29, 0.717) is 12.4 Å². The van der Waals surface area contributed by atoms with Gasteiger partial charge in [0.2, 0.25) is 5.95 Å². The maximum atomic E-state index is 5.85. The lowest BCUT2D eigenvalue weighted by atomic mass is 10.0. The number of benzene rings is 1. The van der Waals surface area contributed by atoms with Crippen LogP contribution in [-0.4, -0.2) is 17.1 Å². The van der Waals surface area contributed by atoms with Crippen molar-refractivity contribution >= 4 is 11.8 Å². The highest BCUT2D eigenvalue weighted by Crippen LogP contribution is 2.27. The molecule has 1 aromatic carbocycles. The predicted molar refractivity (Wildman–Crippen MR) is 67.0 cm³/mol. The molecular weight excluding hydrogens is 216 g/mol. The van der Waals surface area contributed by atoms with Crippen molar-refractivity contribution < 1.29 is 4.74 Å². The number of nitrogens with two attached hydrogens (primary N) is 2. The lowest BCUT2D eigenvalue weighted by Gasteiger charge is -2.10. The van der Waals surface area contributed by atoms with Crippen molar-refractivity contribution in [1.29, 1.82) is 0 Å². The first kappa shape index (κ1) is 11.3. The molecule has 0 radical (unpaired) electrons. The molecule has 5 heteroatoms. The van der Waals surface area contributed by atoms with Gasteiger partial charge in [0, 0.05) is 18.9 Å². The van der Waals surface area contributed by atoms with Gasteiger partial charge in [-0.3, -0.25) is 0 Å². The summed E-state index contributed by atoms with van der Waals surface area (Å²) in [7, 11) is 1.65. The molecule has 1 heterocycles. The molecule has 5 nitrogen and oxygen atoms in total. The van der Waals surface area contributed by atoms with Crippen molar-refractivity contribution in [2.24, 2.45) is 0 Å². The minimum Gasteiger partial charge on any atom is -0.383 e. The molecule has 0 saturated carbocycles. The third kappa shape index (κ3) is 2.34. The zero-order valence-corrected chi connectivity index (χ0v) is 9.55. The van der Waals surface area contributed by atoms with E-state index in [1.54, 1.807) is 13.3 Å². The van der Waals surface area contributed by atoms with Gasteiger partial charge in [-0.2, -0.15) is 4.98 Å². The first-order chi connectivity index (χ1) is 8.22. The molecular formula is C12H14N4O. The predicted octanol–water partition coefficient (Wildman–Crippen LogP) is 1.45. The van der Waals surface area contributed by atoms with Crippen LogP contribution in [0.15, 0.2) is 30.5 Å². The second-order valence-corrected chi connectivity index (χ2v) is 3.62. The molecule has 0 atom stereocenters. The van der Waals surface area contributed by atoms with Crippen LogP contribution in [0.3, 0.4) is 0 Å². The largest absolute Gasteiger partial charge is 0.383 e. The number of hydrogen-bond acceptors (Lipinski definition) is 5. The van der Waals surface area contributed by atoms with Gasteiger partial charge in [-0.15, -0.1) is 0 Å². The van der Waals surface area contributed by atoms with Crippen molar-refractivity contribution in [2.75, 3.05) is 18.6 Å². The third-order valence-corrected chi connectivity index (χ3v) is 2.44. The molecule has 4 N–H and O–H groups in total. The molecule has 0 saturated heterocycles. The molecule has 0 spiro atoms. The third-order valence-electron chi connectivity index (χ3n) is 2.44. The van der Waals surface area contributed by atoms with Gasteiger partial charge in [-0.05, 0) is 11.1 Å². The molecule has 17 heavy (non-hydrogen) atoms. The normalized spacial score (nSPS) is 10.4. The van der Waals surface area contributed by atoms with E-state index in [2.05, 4.69) is 9.97 Å². The molecule has 0 unspecified atom stereocenters. The maximum Gasteiger partial charge on any atom is 0.221 e. The van der Waals surface area contributed by atoms with Crippen LogP contribution in [0.4, 0.5) is 11.8 Å². The van der Waals surface area contributed by atoms with Crippen molar-refractivity contribution in [3.8, 4) is 11.1 Å². The average molecular weight is 230 g/mol. The van der Waals surface area contributed by atoms with Gasteiger partial charge < -0.3 is 16.2 Å². The number of anilines is 2. The van der Waals surface area contributed by atoms with Gasteiger partial charge in [-0.25, -0.2) is 4.98 Å². The fraction of sp³-hybridized carbons (Fsp3) is 0.167. The molecule has 0 amide bonds. The fourth-order valence-corrected chi connectivity index (χ4v) is 1.68. The van der Waals surface area contributed by atoms with Crippen LogP contribution >= 0.6 is 0 Å². The van der Waals surface area contributed by atoms with Gasteiger partial charge in [0.25, 0.3) is 0 Å². The van der Waals surface area contributed by atoms with E-state index in [1.165, 1.54) is 0 Å². The van der Waals surface area contributed by atoms with Gasteiger partial charge in [0.05, 0.1) is 6.61 Å². The Morgan fingerprint density at radius 1 is 1.18 bits per heavy atom. The van der Waals surface area contributed by atoms with Gasteiger partial charge in [0.1, 0.15) is 5.82 Å². The molecule has 0 fully saturated rings. The van der Waals surface area contributed by atoms with Crippen molar-refractivity contribution in [3.05, 3.63) is 36.0 Å². The van der Waals surface area contributed by atoms with Crippen LogP contribution in [-0.2, 0) is 11.3 Å². The smallest absolute Gasteiger partial charge is 0.221 e. The minimum absolute atomic E-state index is 0.176. The summed E-state index contributed by atoms with van der Waals surface area (Å²) in [5.41, 5.74) is 14.1. The second-order valence-electron chi connectivity index (χ2n) is 3.62.